The van der Waals surface area contributed by atoms with Gasteiger partial charge in [0.2, 0.25) is 0 Å². The number of hydrogen-bond acceptors (Lipinski definition) is 2. The first kappa shape index (κ1) is 12.1. The number of benzene rings is 2. The zero-order valence-corrected chi connectivity index (χ0v) is 10.1. The molecule has 0 N–H and O–H groups in total. The highest BCUT2D eigenvalue weighted by molar-refractivity contribution is 6.12. The summed E-state index contributed by atoms with van der Waals surface area (Å²) in [6.45, 7) is 0.537. The molecule has 0 aliphatic heterocycles. The standard InChI is InChI=1S/C16H14N2/c17-12-7-13-18-16(14-8-3-1-4-9-14)15-10-5-2-6-11-15/h1-6,8-11H,7,13H2. The molecule has 18 heavy (non-hydrogen) atoms. The molecular formula is C16H14N2. The summed E-state index contributed by atoms with van der Waals surface area (Å²) >= 11 is 0. The van der Waals surface area contributed by atoms with E-state index in [9.17, 15) is 0 Å². The Morgan fingerprint density at radius 1 is 0.889 bits per heavy atom. The van der Waals surface area contributed by atoms with Crippen LogP contribution >= 0.6 is 0 Å². The van der Waals surface area contributed by atoms with Gasteiger partial charge in [0.15, 0.2) is 0 Å². The largest absolute Gasteiger partial charge is 0.283 e. The predicted molar refractivity (Wildman–Crippen MR) is 73.6 cm³/mol. The normalized spacial score (nSPS) is 9.50. The maximum atomic E-state index is 8.60. The van der Waals surface area contributed by atoms with Gasteiger partial charge in [-0.15, -0.1) is 0 Å². The average Bonchev–Trinajstić information content (AvgIpc) is 2.46. The van der Waals surface area contributed by atoms with Crippen LogP contribution in [0.1, 0.15) is 17.5 Å². The molecule has 2 nitrogen and oxygen atoms in total. The molecule has 88 valence electrons. The van der Waals surface area contributed by atoms with Gasteiger partial charge < -0.3 is 0 Å². The second kappa shape index (κ2) is 6.36. The summed E-state index contributed by atoms with van der Waals surface area (Å²) in [5.74, 6) is 0. The zero-order chi connectivity index (χ0) is 12.6. The van der Waals surface area contributed by atoms with Crippen LogP contribution in [0.15, 0.2) is 65.7 Å². The Bertz CT molecular complexity index is 509. The van der Waals surface area contributed by atoms with Crippen molar-refractivity contribution in [3.63, 3.8) is 0 Å². The van der Waals surface area contributed by atoms with E-state index in [1.807, 2.05) is 60.7 Å². The third kappa shape index (κ3) is 3.05. The molecular weight excluding hydrogens is 220 g/mol. The highest BCUT2D eigenvalue weighted by Crippen LogP contribution is 2.11. The minimum atomic E-state index is 0.448. The Hall–Kier alpha value is -2.40. The second-order valence-electron chi connectivity index (χ2n) is 3.87. The van der Waals surface area contributed by atoms with E-state index in [0.717, 1.165) is 16.8 Å². The molecule has 2 aromatic carbocycles. The molecule has 0 saturated carbocycles. The lowest BCUT2D eigenvalue weighted by Crippen LogP contribution is -2.04. The third-order valence-electron chi connectivity index (χ3n) is 2.59. The van der Waals surface area contributed by atoms with Gasteiger partial charge in [-0.1, -0.05) is 60.7 Å². The van der Waals surface area contributed by atoms with E-state index in [1.54, 1.807) is 0 Å². The summed E-state index contributed by atoms with van der Waals surface area (Å²) in [6, 6.07) is 22.2. The van der Waals surface area contributed by atoms with Gasteiger partial charge in [0.25, 0.3) is 0 Å². The SMILES string of the molecule is N#CCCN=C(c1ccccc1)c1ccccc1. The minimum absolute atomic E-state index is 0.448. The Labute approximate surface area is 107 Å². The molecule has 0 radical (unpaired) electrons. The van der Waals surface area contributed by atoms with Crippen molar-refractivity contribution in [3.05, 3.63) is 71.8 Å². The fraction of sp³-hybridized carbons (Fsp3) is 0.125. The molecule has 0 saturated heterocycles. The van der Waals surface area contributed by atoms with E-state index >= 15 is 0 Å². The topological polar surface area (TPSA) is 36.1 Å². The molecule has 0 bridgehead atoms. The van der Waals surface area contributed by atoms with Crippen LogP contribution < -0.4 is 0 Å². The molecule has 2 aromatic rings. The van der Waals surface area contributed by atoms with Crippen LogP contribution in [0.3, 0.4) is 0 Å². The monoisotopic (exact) mass is 234 g/mol. The smallest absolute Gasteiger partial charge is 0.0719 e. The quantitative estimate of drug-likeness (QED) is 0.589. The lowest BCUT2D eigenvalue weighted by Gasteiger charge is -2.06. The molecule has 0 heterocycles. The first-order valence-corrected chi connectivity index (χ1v) is 5.94. The summed E-state index contributed by atoms with van der Waals surface area (Å²) in [5.41, 5.74) is 3.12. The zero-order valence-electron chi connectivity index (χ0n) is 10.1. The first-order valence-electron chi connectivity index (χ1n) is 5.94. The van der Waals surface area contributed by atoms with E-state index in [1.165, 1.54) is 0 Å². The Morgan fingerprint density at radius 3 is 1.83 bits per heavy atom. The number of nitriles is 1. The maximum Gasteiger partial charge on any atom is 0.0719 e. The second-order valence-corrected chi connectivity index (χ2v) is 3.87. The highest BCUT2D eigenvalue weighted by Gasteiger charge is 2.05. The van der Waals surface area contributed by atoms with Crippen molar-refractivity contribution in [2.75, 3.05) is 6.54 Å². The van der Waals surface area contributed by atoms with Crippen molar-refractivity contribution in [2.24, 2.45) is 4.99 Å². The van der Waals surface area contributed by atoms with Gasteiger partial charge in [-0.2, -0.15) is 5.26 Å². The molecule has 0 aliphatic rings. The number of hydrogen-bond donors (Lipinski definition) is 0. The number of nitrogens with zero attached hydrogens (tertiary/aromatic N) is 2. The van der Waals surface area contributed by atoms with Gasteiger partial charge in [-0.3, -0.25) is 4.99 Å². The Kier molecular flexibility index (Phi) is 4.27. The van der Waals surface area contributed by atoms with E-state index in [0.29, 0.717) is 13.0 Å². The Morgan fingerprint density at radius 2 is 1.39 bits per heavy atom. The molecule has 0 fully saturated rings. The van der Waals surface area contributed by atoms with Gasteiger partial charge in [0.1, 0.15) is 0 Å². The van der Waals surface area contributed by atoms with E-state index in [4.69, 9.17) is 5.26 Å². The van der Waals surface area contributed by atoms with Crippen molar-refractivity contribution in [3.8, 4) is 6.07 Å². The van der Waals surface area contributed by atoms with Gasteiger partial charge in [0, 0.05) is 11.1 Å². The van der Waals surface area contributed by atoms with E-state index in [2.05, 4.69) is 11.1 Å². The molecule has 2 heteroatoms. The molecule has 0 unspecified atom stereocenters. The Balaban J connectivity index is 2.36. The lowest BCUT2D eigenvalue weighted by molar-refractivity contribution is 1.02. The van der Waals surface area contributed by atoms with Crippen molar-refractivity contribution in [2.45, 2.75) is 6.42 Å². The van der Waals surface area contributed by atoms with Crippen molar-refractivity contribution in [1.29, 1.82) is 5.26 Å². The van der Waals surface area contributed by atoms with Crippen molar-refractivity contribution >= 4 is 5.71 Å². The van der Waals surface area contributed by atoms with Crippen LogP contribution in [0, 0.1) is 11.3 Å². The van der Waals surface area contributed by atoms with Crippen molar-refractivity contribution < 1.29 is 0 Å². The minimum Gasteiger partial charge on any atom is -0.283 e. The van der Waals surface area contributed by atoms with Crippen LogP contribution in [-0.2, 0) is 0 Å². The summed E-state index contributed by atoms with van der Waals surface area (Å²) in [7, 11) is 0. The summed E-state index contributed by atoms with van der Waals surface area (Å²) < 4.78 is 0. The van der Waals surface area contributed by atoms with Gasteiger partial charge in [-0.05, 0) is 0 Å². The highest BCUT2D eigenvalue weighted by atomic mass is 14.7. The molecule has 0 aliphatic carbocycles. The molecule has 0 atom stereocenters. The third-order valence-corrected chi connectivity index (χ3v) is 2.59. The summed E-state index contributed by atoms with van der Waals surface area (Å²) in [6.07, 6.45) is 0.448. The average molecular weight is 234 g/mol. The fourth-order valence-corrected chi connectivity index (χ4v) is 1.76. The number of aliphatic imine (C=N–C) groups is 1. The van der Waals surface area contributed by atoms with E-state index in [-0.39, 0.29) is 0 Å². The van der Waals surface area contributed by atoms with Crippen LogP contribution in [-0.4, -0.2) is 12.3 Å². The molecule has 0 spiro atoms. The summed E-state index contributed by atoms with van der Waals surface area (Å²) in [4.78, 5) is 4.55. The van der Waals surface area contributed by atoms with E-state index < -0.39 is 0 Å². The van der Waals surface area contributed by atoms with Gasteiger partial charge in [0.05, 0.1) is 24.7 Å². The van der Waals surface area contributed by atoms with Gasteiger partial charge >= 0.3 is 0 Å². The van der Waals surface area contributed by atoms with Crippen LogP contribution in [0.5, 0.6) is 0 Å². The maximum absolute atomic E-state index is 8.60. The molecule has 2 rings (SSSR count). The fourth-order valence-electron chi connectivity index (χ4n) is 1.76. The van der Waals surface area contributed by atoms with Crippen LogP contribution in [0.25, 0.3) is 0 Å². The molecule has 0 amide bonds. The molecule has 0 aromatic heterocycles. The predicted octanol–water partition coefficient (Wildman–Crippen LogP) is 3.44. The van der Waals surface area contributed by atoms with Gasteiger partial charge in [-0.25, -0.2) is 0 Å². The lowest BCUT2D eigenvalue weighted by atomic mass is 10.0. The van der Waals surface area contributed by atoms with Crippen LogP contribution in [0.2, 0.25) is 0 Å². The summed E-state index contributed by atoms with van der Waals surface area (Å²) in [5, 5.41) is 8.60. The van der Waals surface area contributed by atoms with Crippen LogP contribution in [0.4, 0.5) is 0 Å². The first-order chi connectivity index (χ1) is 8.92. The number of rotatable bonds is 4. The van der Waals surface area contributed by atoms with Crippen molar-refractivity contribution in [1.82, 2.24) is 0 Å².